The van der Waals surface area contributed by atoms with Crippen molar-refractivity contribution in [1.29, 1.82) is 0 Å². The van der Waals surface area contributed by atoms with Gasteiger partial charge in [-0.25, -0.2) is 4.39 Å². The summed E-state index contributed by atoms with van der Waals surface area (Å²) in [5.74, 6) is -1.04. The van der Waals surface area contributed by atoms with Crippen LogP contribution < -0.4 is 0 Å². The van der Waals surface area contributed by atoms with Crippen molar-refractivity contribution in [1.82, 2.24) is 9.80 Å². The van der Waals surface area contributed by atoms with E-state index in [1.807, 2.05) is 29.7 Å². The molecule has 0 bridgehead atoms. The predicted octanol–water partition coefficient (Wildman–Crippen LogP) is 2.72. The molecule has 6 heteroatoms. The zero-order valence-corrected chi connectivity index (χ0v) is 14.9. The number of aliphatic carboxylic acids is 1. The van der Waals surface area contributed by atoms with E-state index in [-0.39, 0.29) is 30.2 Å². The summed E-state index contributed by atoms with van der Waals surface area (Å²) in [4.78, 5) is 27.3. The quantitative estimate of drug-likeness (QED) is 0.821. The number of likely N-dealkylation sites (N-methyl/N-ethyl adjacent to an activating group) is 1. The van der Waals surface area contributed by atoms with Crippen molar-refractivity contribution in [3.05, 3.63) is 35.6 Å². The van der Waals surface area contributed by atoms with Crippen LogP contribution in [0.4, 0.5) is 4.39 Å². The average molecular weight is 350 g/mol. The minimum absolute atomic E-state index is 0.0277. The summed E-state index contributed by atoms with van der Waals surface area (Å²) in [6.07, 6.45) is 1.95. The second kappa shape index (κ2) is 8.94. The molecule has 2 rings (SSSR count). The van der Waals surface area contributed by atoms with E-state index in [9.17, 15) is 14.0 Å². The molecule has 1 aliphatic heterocycles. The standard InChI is InChI=1S/C19H27FN2O3/c1-3-21(13-19(24)25)17-7-9-22(10-8-17)18(23)11-14(2)15-5-4-6-16(20)12-15/h4-6,12,14,17H,3,7-11,13H2,1-2H3,(H,24,25). The van der Waals surface area contributed by atoms with E-state index >= 15 is 0 Å². The number of likely N-dealkylation sites (tertiary alicyclic amines) is 1. The molecule has 1 fully saturated rings. The lowest BCUT2D eigenvalue weighted by molar-refractivity contribution is -0.140. The van der Waals surface area contributed by atoms with Crippen LogP contribution in [0.3, 0.4) is 0 Å². The summed E-state index contributed by atoms with van der Waals surface area (Å²) in [5, 5.41) is 8.98. The molecule has 1 aromatic carbocycles. The summed E-state index contributed by atoms with van der Waals surface area (Å²) >= 11 is 0. The normalized spacial score (nSPS) is 16.9. The molecule has 25 heavy (non-hydrogen) atoms. The molecular formula is C19H27FN2O3. The maximum atomic E-state index is 13.3. The van der Waals surface area contributed by atoms with Crippen LogP contribution in [-0.4, -0.2) is 59.0 Å². The molecule has 1 N–H and O–H groups in total. The van der Waals surface area contributed by atoms with E-state index < -0.39 is 5.97 Å². The summed E-state index contributed by atoms with van der Waals surface area (Å²) in [5.41, 5.74) is 0.835. The van der Waals surface area contributed by atoms with Crippen LogP contribution in [0.1, 0.15) is 44.6 Å². The SMILES string of the molecule is CCN(CC(=O)O)C1CCN(C(=O)CC(C)c2cccc(F)c2)CC1. The van der Waals surface area contributed by atoms with E-state index in [0.29, 0.717) is 26.1 Å². The topological polar surface area (TPSA) is 60.9 Å². The van der Waals surface area contributed by atoms with E-state index in [1.54, 1.807) is 6.07 Å². The molecule has 0 radical (unpaired) electrons. The molecule has 0 aliphatic carbocycles. The Morgan fingerprint density at radius 3 is 2.60 bits per heavy atom. The van der Waals surface area contributed by atoms with Crippen molar-refractivity contribution in [2.45, 2.75) is 45.1 Å². The number of hydrogen-bond acceptors (Lipinski definition) is 3. The number of carbonyl (C=O) groups is 2. The fourth-order valence-corrected chi connectivity index (χ4v) is 3.48. The summed E-state index contributed by atoms with van der Waals surface area (Å²) in [6, 6.07) is 6.61. The minimum Gasteiger partial charge on any atom is -0.480 e. The zero-order chi connectivity index (χ0) is 18.4. The molecule has 1 saturated heterocycles. The Kier molecular flexibility index (Phi) is 6.93. The first-order valence-electron chi connectivity index (χ1n) is 8.89. The fraction of sp³-hybridized carbons (Fsp3) is 0.579. The number of amides is 1. The van der Waals surface area contributed by atoms with Gasteiger partial charge in [0, 0.05) is 25.6 Å². The summed E-state index contributed by atoms with van der Waals surface area (Å²) in [7, 11) is 0. The highest BCUT2D eigenvalue weighted by Crippen LogP contribution is 2.23. The Bertz CT molecular complexity index is 600. The highest BCUT2D eigenvalue weighted by Gasteiger charge is 2.27. The van der Waals surface area contributed by atoms with Crippen LogP contribution in [0.2, 0.25) is 0 Å². The predicted molar refractivity (Wildman–Crippen MR) is 93.9 cm³/mol. The lowest BCUT2D eigenvalue weighted by Crippen LogP contribution is -2.48. The van der Waals surface area contributed by atoms with Gasteiger partial charge in [-0.1, -0.05) is 26.0 Å². The number of halogens is 1. The number of carboxylic acids is 1. The third kappa shape index (κ3) is 5.53. The molecule has 5 nitrogen and oxygen atoms in total. The average Bonchev–Trinajstić information content (AvgIpc) is 2.59. The number of hydrogen-bond donors (Lipinski definition) is 1. The van der Waals surface area contributed by atoms with Gasteiger partial charge in [0.15, 0.2) is 0 Å². The number of carbonyl (C=O) groups excluding carboxylic acids is 1. The Labute approximate surface area is 148 Å². The lowest BCUT2D eigenvalue weighted by atomic mass is 9.96. The molecule has 1 unspecified atom stereocenters. The van der Waals surface area contributed by atoms with Gasteiger partial charge in [-0.2, -0.15) is 0 Å². The van der Waals surface area contributed by atoms with Crippen molar-refractivity contribution in [3.8, 4) is 0 Å². The molecule has 1 aliphatic rings. The highest BCUT2D eigenvalue weighted by molar-refractivity contribution is 5.77. The van der Waals surface area contributed by atoms with Crippen molar-refractivity contribution in [2.75, 3.05) is 26.2 Å². The Balaban J connectivity index is 1.85. The van der Waals surface area contributed by atoms with Crippen molar-refractivity contribution >= 4 is 11.9 Å². The first-order valence-corrected chi connectivity index (χ1v) is 8.89. The molecule has 1 atom stereocenters. The van der Waals surface area contributed by atoms with E-state index in [1.165, 1.54) is 12.1 Å². The van der Waals surface area contributed by atoms with Crippen LogP contribution in [0.5, 0.6) is 0 Å². The maximum Gasteiger partial charge on any atom is 0.317 e. The van der Waals surface area contributed by atoms with E-state index in [2.05, 4.69) is 0 Å². The van der Waals surface area contributed by atoms with Gasteiger partial charge in [0.25, 0.3) is 0 Å². The largest absolute Gasteiger partial charge is 0.480 e. The molecule has 0 aromatic heterocycles. The van der Waals surface area contributed by atoms with Gasteiger partial charge in [0.1, 0.15) is 5.82 Å². The third-order valence-electron chi connectivity index (χ3n) is 4.98. The van der Waals surface area contributed by atoms with Gasteiger partial charge in [0.05, 0.1) is 6.54 Å². The van der Waals surface area contributed by atoms with Gasteiger partial charge in [-0.15, -0.1) is 0 Å². The Morgan fingerprint density at radius 2 is 2.04 bits per heavy atom. The van der Waals surface area contributed by atoms with Crippen molar-refractivity contribution in [2.24, 2.45) is 0 Å². The van der Waals surface area contributed by atoms with E-state index in [0.717, 1.165) is 18.4 Å². The number of rotatable bonds is 7. The monoisotopic (exact) mass is 350 g/mol. The third-order valence-corrected chi connectivity index (χ3v) is 4.98. The summed E-state index contributed by atoms with van der Waals surface area (Å²) < 4.78 is 13.3. The van der Waals surface area contributed by atoms with Gasteiger partial charge < -0.3 is 10.0 Å². The maximum absolute atomic E-state index is 13.3. The molecular weight excluding hydrogens is 323 g/mol. The van der Waals surface area contributed by atoms with Gasteiger partial charge >= 0.3 is 5.97 Å². The molecule has 1 heterocycles. The van der Waals surface area contributed by atoms with Gasteiger partial charge in [-0.3, -0.25) is 14.5 Å². The molecule has 1 aromatic rings. The first kappa shape index (κ1) is 19.4. The summed E-state index contributed by atoms with van der Waals surface area (Å²) in [6.45, 7) is 5.93. The Morgan fingerprint density at radius 1 is 1.36 bits per heavy atom. The van der Waals surface area contributed by atoms with Gasteiger partial charge in [0.2, 0.25) is 5.91 Å². The minimum atomic E-state index is -0.815. The Hall–Kier alpha value is -1.95. The number of benzene rings is 1. The van der Waals surface area contributed by atoms with Crippen molar-refractivity contribution in [3.63, 3.8) is 0 Å². The first-order chi connectivity index (χ1) is 11.9. The second-order valence-corrected chi connectivity index (χ2v) is 6.73. The van der Waals surface area contributed by atoms with E-state index in [4.69, 9.17) is 5.11 Å². The number of nitrogens with zero attached hydrogens (tertiary/aromatic N) is 2. The van der Waals surface area contributed by atoms with Crippen LogP contribution in [0.25, 0.3) is 0 Å². The van der Waals surface area contributed by atoms with Crippen LogP contribution in [0.15, 0.2) is 24.3 Å². The second-order valence-electron chi connectivity index (χ2n) is 6.73. The van der Waals surface area contributed by atoms with Crippen LogP contribution >= 0.6 is 0 Å². The van der Waals surface area contributed by atoms with Crippen LogP contribution in [0, 0.1) is 5.82 Å². The zero-order valence-electron chi connectivity index (χ0n) is 14.9. The molecule has 0 saturated carbocycles. The fourth-order valence-electron chi connectivity index (χ4n) is 3.48. The van der Waals surface area contributed by atoms with Gasteiger partial charge in [-0.05, 0) is 43.0 Å². The number of carboxylic acid groups (broad SMARTS) is 1. The van der Waals surface area contributed by atoms with Crippen molar-refractivity contribution < 1.29 is 19.1 Å². The molecule has 1 amide bonds. The lowest BCUT2D eigenvalue weighted by Gasteiger charge is -2.37. The number of piperidine rings is 1. The molecule has 138 valence electrons. The molecule has 0 spiro atoms. The van der Waals surface area contributed by atoms with Crippen LogP contribution in [-0.2, 0) is 9.59 Å². The smallest absolute Gasteiger partial charge is 0.317 e. The highest BCUT2D eigenvalue weighted by atomic mass is 19.1.